The minimum absolute atomic E-state index is 0.310. The van der Waals surface area contributed by atoms with Crippen LogP contribution in [-0.4, -0.2) is 41.3 Å². The van der Waals surface area contributed by atoms with Crippen LogP contribution in [0.2, 0.25) is 0 Å². The predicted molar refractivity (Wildman–Crippen MR) is 138 cm³/mol. The number of nitrogens with two attached hydrogens (primary N) is 1. The van der Waals surface area contributed by atoms with Crippen molar-refractivity contribution in [3.8, 4) is 0 Å². The molecule has 8 nitrogen and oxygen atoms in total. The molecule has 0 spiro atoms. The van der Waals surface area contributed by atoms with Gasteiger partial charge in [0.1, 0.15) is 5.82 Å². The molecule has 0 radical (unpaired) electrons. The van der Waals surface area contributed by atoms with Crippen LogP contribution in [0.25, 0.3) is 0 Å². The molecule has 8 heteroatoms. The summed E-state index contributed by atoms with van der Waals surface area (Å²) in [5.41, 5.74) is 9.41. The fourth-order valence-electron chi connectivity index (χ4n) is 4.24. The molecule has 3 aromatic rings. The van der Waals surface area contributed by atoms with E-state index in [0.29, 0.717) is 47.1 Å². The topological polar surface area (TPSA) is 126 Å². The van der Waals surface area contributed by atoms with Crippen LogP contribution in [0.4, 0.5) is 11.8 Å². The first-order valence-corrected chi connectivity index (χ1v) is 12.0. The molecule has 182 valence electrons. The molecular weight excluding hydrogens is 440 g/mol. The first-order valence-electron chi connectivity index (χ1n) is 12.0. The summed E-state index contributed by atoms with van der Waals surface area (Å²) >= 11 is 0. The summed E-state index contributed by atoms with van der Waals surface area (Å²) in [7, 11) is 1.37. The fourth-order valence-corrected chi connectivity index (χ4v) is 4.24. The van der Waals surface area contributed by atoms with Crippen LogP contribution in [0.15, 0.2) is 60.8 Å². The number of anilines is 2. The Morgan fingerprint density at radius 3 is 2.43 bits per heavy atom. The van der Waals surface area contributed by atoms with Crippen molar-refractivity contribution in [1.29, 1.82) is 5.41 Å². The lowest BCUT2D eigenvalue weighted by Gasteiger charge is -2.26. The lowest BCUT2D eigenvalue weighted by molar-refractivity contribution is 0.0600. The van der Waals surface area contributed by atoms with E-state index in [1.165, 1.54) is 7.11 Å². The van der Waals surface area contributed by atoms with E-state index >= 15 is 0 Å². The average Bonchev–Trinajstić information content (AvgIpc) is 2.91. The largest absolute Gasteiger partial charge is 0.465 e. The van der Waals surface area contributed by atoms with Gasteiger partial charge in [-0.2, -0.15) is 4.98 Å². The molecule has 1 aliphatic carbocycles. The quantitative estimate of drug-likeness (QED) is 0.271. The molecule has 1 saturated carbocycles. The van der Waals surface area contributed by atoms with Gasteiger partial charge in [-0.3, -0.25) is 5.41 Å². The van der Waals surface area contributed by atoms with E-state index in [2.05, 4.69) is 15.6 Å². The van der Waals surface area contributed by atoms with Crippen LogP contribution in [-0.2, 0) is 11.3 Å². The minimum Gasteiger partial charge on any atom is -0.465 e. The number of aromatic nitrogens is 2. The average molecular weight is 473 g/mol. The Hall–Kier alpha value is -3.78. The van der Waals surface area contributed by atoms with Crippen LogP contribution < -0.4 is 16.4 Å². The summed E-state index contributed by atoms with van der Waals surface area (Å²) in [6.07, 6.45) is 5.98. The van der Waals surface area contributed by atoms with Gasteiger partial charge in [-0.05, 0) is 49.3 Å². The maximum Gasteiger partial charge on any atom is 0.337 e. The van der Waals surface area contributed by atoms with Gasteiger partial charge < -0.3 is 21.1 Å². The second-order valence-corrected chi connectivity index (χ2v) is 8.90. The summed E-state index contributed by atoms with van der Waals surface area (Å²) in [6, 6.07) is 17.1. The third-order valence-corrected chi connectivity index (χ3v) is 6.40. The number of methoxy groups -OCH3 is 1. The summed E-state index contributed by atoms with van der Waals surface area (Å²) in [5.74, 6) is 1.29. The number of hydrogen-bond donors (Lipinski definition) is 4. The first kappa shape index (κ1) is 24.3. The molecule has 1 fully saturated rings. The van der Waals surface area contributed by atoms with Gasteiger partial charge in [-0.25, -0.2) is 9.78 Å². The van der Waals surface area contributed by atoms with Gasteiger partial charge in [-0.1, -0.05) is 42.5 Å². The van der Waals surface area contributed by atoms with Crippen molar-refractivity contribution in [2.75, 3.05) is 24.3 Å². The maximum absolute atomic E-state index is 11.6. The van der Waals surface area contributed by atoms with E-state index in [-0.39, 0.29) is 5.97 Å². The summed E-state index contributed by atoms with van der Waals surface area (Å²) in [4.78, 5) is 20.8. The molecular formula is C27H32N6O2. The van der Waals surface area contributed by atoms with Crippen molar-refractivity contribution in [3.05, 3.63) is 83.0 Å². The van der Waals surface area contributed by atoms with Crippen LogP contribution in [0.1, 0.15) is 52.7 Å². The molecule has 1 aromatic heterocycles. The highest BCUT2D eigenvalue weighted by molar-refractivity contribution is 6.13. The van der Waals surface area contributed by atoms with Crippen LogP contribution >= 0.6 is 0 Å². The van der Waals surface area contributed by atoms with Gasteiger partial charge in [0.15, 0.2) is 0 Å². The van der Waals surface area contributed by atoms with Gasteiger partial charge in [0.2, 0.25) is 5.95 Å². The number of carbonyl (C=O) groups excluding carboxylic acids is 1. The Bertz CT molecular complexity index is 1140. The van der Waals surface area contributed by atoms with Gasteiger partial charge >= 0.3 is 5.97 Å². The van der Waals surface area contributed by atoms with Crippen molar-refractivity contribution >= 4 is 23.4 Å². The zero-order valence-corrected chi connectivity index (χ0v) is 20.0. The van der Waals surface area contributed by atoms with E-state index in [0.717, 1.165) is 43.4 Å². The number of ether oxygens (including phenoxy) is 1. The lowest BCUT2D eigenvalue weighted by atomic mass is 9.86. The van der Waals surface area contributed by atoms with Crippen LogP contribution in [0, 0.1) is 11.3 Å². The number of carbonyl (C=O) groups is 1. The normalized spacial score (nSPS) is 17.4. The Labute approximate surface area is 205 Å². The third kappa shape index (κ3) is 6.42. The molecule has 2 aromatic carbocycles. The highest BCUT2D eigenvalue weighted by Gasteiger charge is 2.20. The number of hydrogen-bond acceptors (Lipinski definition) is 8. The van der Waals surface area contributed by atoms with Gasteiger partial charge in [0.05, 0.1) is 23.9 Å². The number of rotatable bonds is 9. The van der Waals surface area contributed by atoms with Crippen molar-refractivity contribution in [3.63, 3.8) is 0 Å². The highest BCUT2D eigenvalue weighted by Crippen LogP contribution is 2.25. The SMILES string of the molecule is COC(=O)c1ccc(CNc2ncc(C(=N)c3ccccc3)c(NCC3CCC(N)CC3)n2)cc1. The molecule has 0 unspecified atom stereocenters. The zero-order valence-electron chi connectivity index (χ0n) is 20.0. The van der Waals surface area contributed by atoms with E-state index in [1.807, 2.05) is 42.5 Å². The molecule has 0 atom stereocenters. The summed E-state index contributed by atoms with van der Waals surface area (Å²) in [5, 5.41) is 15.5. The van der Waals surface area contributed by atoms with E-state index in [9.17, 15) is 4.79 Å². The molecule has 0 saturated heterocycles. The second-order valence-electron chi connectivity index (χ2n) is 8.90. The van der Waals surface area contributed by atoms with Crippen LogP contribution in [0.3, 0.4) is 0 Å². The molecule has 0 amide bonds. The highest BCUT2D eigenvalue weighted by atomic mass is 16.5. The monoisotopic (exact) mass is 472 g/mol. The summed E-state index contributed by atoms with van der Waals surface area (Å²) < 4.78 is 4.75. The van der Waals surface area contributed by atoms with E-state index in [4.69, 9.17) is 20.9 Å². The standard InChI is InChI=1S/C27H32N6O2/c1-35-26(34)21-11-7-18(8-12-21)16-31-27-32-17-23(24(29)20-5-3-2-4-6-20)25(33-27)30-15-19-9-13-22(28)14-10-19/h2-8,11-12,17,19,22,29H,9-10,13-16,28H2,1H3,(H2,30,31,32,33). The van der Waals surface area contributed by atoms with Gasteiger partial charge in [0.25, 0.3) is 0 Å². The zero-order chi connectivity index (χ0) is 24.6. The molecule has 5 N–H and O–H groups in total. The van der Waals surface area contributed by atoms with Crippen molar-refractivity contribution in [1.82, 2.24) is 9.97 Å². The first-order chi connectivity index (χ1) is 17.0. The molecule has 0 aliphatic heterocycles. The van der Waals surface area contributed by atoms with Gasteiger partial charge in [0, 0.05) is 30.9 Å². The minimum atomic E-state index is -0.361. The Morgan fingerprint density at radius 1 is 1.03 bits per heavy atom. The smallest absolute Gasteiger partial charge is 0.337 e. The maximum atomic E-state index is 11.6. The van der Waals surface area contributed by atoms with Crippen molar-refractivity contribution in [2.24, 2.45) is 11.7 Å². The molecule has 4 rings (SSSR count). The third-order valence-electron chi connectivity index (χ3n) is 6.40. The second kappa shape index (κ2) is 11.6. The van der Waals surface area contributed by atoms with E-state index < -0.39 is 0 Å². The molecule has 35 heavy (non-hydrogen) atoms. The molecule has 1 heterocycles. The van der Waals surface area contributed by atoms with Gasteiger partial charge in [-0.15, -0.1) is 0 Å². The number of nitrogens with zero attached hydrogens (tertiary/aromatic N) is 2. The number of nitrogens with one attached hydrogen (secondary N) is 3. The Kier molecular flexibility index (Phi) is 8.05. The van der Waals surface area contributed by atoms with Crippen LogP contribution in [0.5, 0.6) is 0 Å². The molecule has 1 aliphatic rings. The fraction of sp³-hybridized carbons (Fsp3) is 0.333. The van der Waals surface area contributed by atoms with Crippen molar-refractivity contribution < 1.29 is 9.53 Å². The lowest BCUT2D eigenvalue weighted by Crippen LogP contribution is -2.29. The van der Waals surface area contributed by atoms with Crippen molar-refractivity contribution in [2.45, 2.75) is 38.3 Å². The number of benzene rings is 2. The summed E-state index contributed by atoms with van der Waals surface area (Å²) in [6.45, 7) is 1.28. The van der Waals surface area contributed by atoms with E-state index in [1.54, 1.807) is 18.3 Å². The predicted octanol–water partition coefficient (Wildman–Crippen LogP) is 4.22. The number of esters is 1. The Balaban J connectivity index is 1.49. The Morgan fingerprint density at radius 2 is 1.74 bits per heavy atom. The molecule has 0 bridgehead atoms.